The van der Waals surface area contributed by atoms with Crippen LogP contribution in [0.5, 0.6) is 5.75 Å². The van der Waals surface area contributed by atoms with E-state index in [1.54, 1.807) is 6.92 Å². The van der Waals surface area contributed by atoms with Crippen LogP contribution >= 0.6 is 0 Å². The van der Waals surface area contributed by atoms with Crippen LogP contribution in [0.3, 0.4) is 0 Å². The molecule has 0 bridgehead atoms. The molecular weight excluding hydrogens is 376 g/mol. The summed E-state index contributed by atoms with van der Waals surface area (Å²) < 4.78 is 11.9. The Labute approximate surface area is 182 Å². The van der Waals surface area contributed by atoms with Crippen molar-refractivity contribution in [1.29, 1.82) is 0 Å². The quantitative estimate of drug-likeness (QED) is 0.377. The molecule has 0 aromatic heterocycles. The zero-order valence-corrected chi connectivity index (χ0v) is 20.1. The first-order valence-corrected chi connectivity index (χ1v) is 11.3. The fourth-order valence-electron chi connectivity index (χ4n) is 4.66. The molecule has 1 aromatic carbocycles. The summed E-state index contributed by atoms with van der Waals surface area (Å²) in [6.45, 7) is 15.8. The summed E-state index contributed by atoms with van der Waals surface area (Å²) in [4.78, 5) is 25.8. The maximum Gasteiger partial charge on any atom is 0.323 e. The molecule has 168 valence electrons. The predicted octanol–water partition coefficient (Wildman–Crippen LogP) is 6.14. The molecule has 4 heteroatoms. The lowest BCUT2D eigenvalue weighted by Gasteiger charge is -2.50. The van der Waals surface area contributed by atoms with Crippen LogP contribution in [0.25, 0.3) is 0 Å². The van der Waals surface area contributed by atoms with Crippen molar-refractivity contribution in [1.82, 2.24) is 0 Å². The van der Waals surface area contributed by atoms with Crippen molar-refractivity contribution in [3.05, 3.63) is 29.8 Å². The predicted molar refractivity (Wildman–Crippen MR) is 121 cm³/mol. The lowest BCUT2D eigenvalue weighted by molar-refractivity contribution is -0.189. The number of carbonyl (C=O) groups is 2. The third-order valence-corrected chi connectivity index (χ3v) is 7.43. The third kappa shape index (κ3) is 5.25. The Bertz CT molecular complexity index is 751. The Balaban J connectivity index is 2.17. The van der Waals surface area contributed by atoms with Crippen LogP contribution in [0.15, 0.2) is 24.3 Å². The number of benzene rings is 1. The van der Waals surface area contributed by atoms with E-state index in [0.717, 1.165) is 24.8 Å². The smallest absolute Gasteiger partial charge is 0.323 e. The van der Waals surface area contributed by atoms with Gasteiger partial charge < -0.3 is 9.47 Å². The van der Waals surface area contributed by atoms with E-state index >= 15 is 0 Å². The van der Waals surface area contributed by atoms with E-state index in [0.29, 0.717) is 17.6 Å². The Morgan fingerprint density at radius 1 is 1.13 bits per heavy atom. The lowest BCUT2D eigenvalue weighted by Crippen LogP contribution is -2.52. The number of hydrogen-bond donors (Lipinski definition) is 0. The van der Waals surface area contributed by atoms with Gasteiger partial charge in [0.25, 0.3) is 0 Å². The number of Topliss-reactive ketones (excluding diaryl/α,β-unsaturated/α-hetero) is 1. The Morgan fingerprint density at radius 2 is 1.73 bits per heavy atom. The maximum atomic E-state index is 13.3. The van der Waals surface area contributed by atoms with Crippen molar-refractivity contribution < 1.29 is 19.1 Å². The van der Waals surface area contributed by atoms with E-state index in [9.17, 15) is 9.59 Å². The Hall–Kier alpha value is -1.84. The van der Waals surface area contributed by atoms with Gasteiger partial charge in [-0.25, -0.2) is 0 Å². The minimum absolute atomic E-state index is 0.0367. The topological polar surface area (TPSA) is 52.6 Å². The van der Waals surface area contributed by atoms with Gasteiger partial charge in [-0.2, -0.15) is 0 Å². The minimum atomic E-state index is -1.34. The number of ketones is 1. The van der Waals surface area contributed by atoms with Gasteiger partial charge in [0.05, 0.1) is 0 Å². The van der Waals surface area contributed by atoms with Gasteiger partial charge in [0.2, 0.25) is 0 Å². The molecule has 0 amide bonds. The Morgan fingerprint density at radius 3 is 2.27 bits per heavy atom. The highest BCUT2D eigenvalue weighted by Crippen LogP contribution is 2.51. The molecule has 0 heterocycles. The standard InChI is InChI=1S/C26H40O4/c1-9-21-14-19(3)15-25(7,16-21)24(5,6)30-23(28)26(8,20(4)27)17-29-22-12-10-18(2)11-13-22/h10-13,19,21H,9,14-17H2,1-8H3. The van der Waals surface area contributed by atoms with Crippen LogP contribution in [-0.2, 0) is 14.3 Å². The molecule has 4 atom stereocenters. The van der Waals surface area contributed by atoms with E-state index in [1.165, 1.54) is 13.3 Å². The summed E-state index contributed by atoms with van der Waals surface area (Å²) in [7, 11) is 0. The van der Waals surface area contributed by atoms with Crippen LogP contribution in [0.4, 0.5) is 0 Å². The Kier molecular flexibility index (Phi) is 7.42. The van der Waals surface area contributed by atoms with E-state index in [2.05, 4.69) is 20.8 Å². The fourth-order valence-corrected chi connectivity index (χ4v) is 4.66. The molecule has 4 unspecified atom stereocenters. The zero-order chi connectivity index (χ0) is 22.7. The summed E-state index contributed by atoms with van der Waals surface area (Å²) in [6, 6.07) is 7.58. The summed E-state index contributed by atoms with van der Waals surface area (Å²) in [5.74, 6) is 1.12. The second-order valence-electron chi connectivity index (χ2n) is 10.5. The number of esters is 1. The SMILES string of the molecule is CCC1CC(C)CC(C)(C(C)(C)OC(=O)C(C)(COc2ccc(C)cc2)C(C)=O)C1. The summed E-state index contributed by atoms with van der Waals surface area (Å²) in [6.07, 6.45) is 4.41. The zero-order valence-electron chi connectivity index (χ0n) is 20.1. The maximum absolute atomic E-state index is 13.3. The third-order valence-electron chi connectivity index (χ3n) is 7.43. The first-order chi connectivity index (χ1) is 13.8. The molecular formula is C26H40O4. The minimum Gasteiger partial charge on any atom is -0.492 e. The average Bonchev–Trinajstić information content (AvgIpc) is 2.65. The number of hydrogen-bond acceptors (Lipinski definition) is 4. The molecule has 1 fully saturated rings. The highest BCUT2D eigenvalue weighted by molar-refractivity contribution is 6.02. The lowest BCUT2D eigenvalue weighted by atomic mass is 9.59. The molecule has 0 saturated heterocycles. The van der Waals surface area contributed by atoms with Crippen molar-refractivity contribution in [3.8, 4) is 5.75 Å². The molecule has 1 aliphatic carbocycles. The first kappa shape index (κ1) is 24.4. The largest absolute Gasteiger partial charge is 0.492 e. The second-order valence-corrected chi connectivity index (χ2v) is 10.5. The highest BCUT2D eigenvalue weighted by atomic mass is 16.6. The summed E-state index contributed by atoms with van der Waals surface area (Å²) in [5.41, 5.74) is -1.02. The molecule has 4 nitrogen and oxygen atoms in total. The van der Waals surface area contributed by atoms with Gasteiger partial charge >= 0.3 is 5.97 Å². The van der Waals surface area contributed by atoms with E-state index in [-0.39, 0.29) is 17.8 Å². The van der Waals surface area contributed by atoms with Gasteiger partial charge in [0, 0.05) is 5.41 Å². The van der Waals surface area contributed by atoms with Crippen molar-refractivity contribution in [2.75, 3.05) is 6.61 Å². The molecule has 0 spiro atoms. The van der Waals surface area contributed by atoms with E-state index in [4.69, 9.17) is 9.47 Å². The van der Waals surface area contributed by atoms with Gasteiger partial charge in [-0.05, 0) is 77.8 Å². The van der Waals surface area contributed by atoms with Crippen molar-refractivity contribution in [3.63, 3.8) is 0 Å². The highest BCUT2D eigenvalue weighted by Gasteiger charge is 2.51. The molecule has 1 saturated carbocycles. The first-order valence-electron chi connectivity index (χ1n) is 11.3. The number of ether oxygens (including phenoxy) is 2. The second kappa shape index (κ2) is 9.11. The van der Waals surface area contributed by atoms with Crippen molar-refractivity contribution in [2.45, 2.75) is 86.7 Å². The molecule has 30 heavy (non-hydrogen) atoms. The monoisotopic (exact) mass is 416 g/mol. The molecule has 0 N–H and O–H groups in total. The van der Waals surface area contributed by atoms with Crippen LogP contribution in [0.1, 0.15) is 79.7 Å². The average molecular weight is 417 g/mol. The van der Waals surface area contributed by atoms with Gasteiger partial charge in [-0.3, -0.25) is 9.59 Å². The van der Waals surface area contributed by atoms with Gasteiger partial charge in [-0.15, -0.1) is 0 Å². The van der Waals surface area contributed by atoms with E-state index < -0.39 is 17.0 Å². The van der Waals surface area contributed by atoms with Gasteiger partial charge in [0.1, 0.15) is 23.7 Å². The number of rotatable bonds is 8. The van der Waals surface area contributed by atoms with Gasteiger partial charge in [-0.1, -0.05) is 44.9 Å². The molecule has 0 radical (unpaired) electrons. The molecule has 0 aliphatic heterocycles. The van der Waals surface area contributed by atoms with Crippen molar-refractivity contribution in [2.24, 2.45) is 22.7 Å². The fraction of sp³-hybridized carbons (Fsp3) is 0.692. The van der Waals surface area contributed by atoms with Crippen LogP contribution in [0.2, 0.25) is 0 Å². The molecule has 2 rings (SSSR count). The number of carbonyl (C=O) groups excluding carboxylic acids is 2. The normalized spacial score (nSPS) is 26.5. The van der Waals surface area contributed by atoms with Crippen molar-refractivity contribution >= 4 is 11.8 Å². The number of aryl methyl sites for hydroxylation is 1. The van der Waals surface area contributed by atoms with E-state index in [1.807, 2.05) is 45.0 Å². The summed E-state index contributed by atoms with van der Waals surface area (Å²) >= 11 is 0. The molecule has 1 aliphatic rings. The molecule has 1 aromatic rings. The summed E-state index contributed by atoms with van der Waals surface area (Å²) in [5, 5.41) is 0. The van der Waals surface area contributed by atoms with Crippen LogP contribution in [-0.4, -0.2) is 24.0 Å². The van der Waals surface area contributed by atoms with Crippen LogP contribution < -0.4 is 4.74 Å². The van der Waals surface area contributed by atoms with Crippen LogP contribution in [0, 0.1) is 29.6 Å². The van der Waals surface area contributed by atoms with Gasteiger partial charge in [0.15, 0.2) is 5.41 Å².